The fraction of sp³-hybridized carbons (Fsp3) is 0.375. The van der Waals surface area contributed by atoms with Crippen LogP contribution in [0, 0.1) is 0 Å². The van der Waals surface area contributed by atoms with E-state index in [1.807, 2.05) is 12.1 Å². The second-order valence-electron chi connectivity index (χ2n) is 4.81. The van der Waals surface area contributed by atoms with Gasteiger partial charge >= 0.3 is 0 Å². The molecular weight excluding hydrogens is 316 g/mol. The molecule has 0 atom stereocenters. The zero-order chi connectivity index (χ0) is 15.6. The summed E-state index contributed by atoms with van der Waals surface area (Å²) in [7, 11) is 0. The van der Waals surface area contributed by atoms with Crippen molar-refractivity contribution in [2.24, 2.45) is 4.99 Å². The van der Waals surface area contributed by atoms with Gasteiger partial charge in [0.05, 0.1) is 0 Å². The molecule has 0 aliphatic carbocycles. The average molecular weight is 337 g/mol. The number of halogens is 1. The van der Waals surface area contributed by atoms with Crippen molar-refractivity contribution in [3.63, 3.8) is 0 Å². The fourth-order valence-electron chi connectivity index (χ4n) is 1.95. The number of aromatic nitrogens is 1. The Hall–Kier alpha value is -1.59. The molecule has 22 heavy (non-hydrogen) atoms. The van der Waals surface area contributed by atoms with Crippen molar-refractivity contribution < 1.29 is 0 Å². The summed E-state index contributed by atoms with van der Waals surface area (Å²) >= 11 is 7.51. The molecule has 2 N–H and O–H groups in total. The van der Waals surface area contributed by atoms with Gasteiger partial charge in [0, 0.05) is 25.8 Å². The first kappa shape index (κ1) is 16.8. The molecule has 0 radical (unpaired) electrons. The average Bonchev–Trinajstić information content (AvgIpc) is 3.02. The molecule has 0 saturated carbocycles. The van der Waals surface area contributed by atoms with Crippen molar-refractivity contribution in [2.75, 3.05) is 19.6 Å². The normalized spacial score (nSPS) is 11.5. The molecule has 0 spiro atoms. The quantitative estimate of drug-likeness (QED) is 0.464. The molecule has 0 aromatic carbocycles. The summed E-state index contributed by atoms with van der Waals surface area (Å²) < 4.78 is 0. The first-order valence-electron chi connectivity index (χ1n) is 7.41. The Bertz CT molecular complexity index is 566. The summed E-state index contributed by atoms with van der Waals surface area (Å²) in [5.41, 5.74) is 2.50. The van der Waals surface area contributed by atoms with E-state index in [-0.39, 0.29) is 0 Å². The molecule has 2 rings (SSSR count). The van der Waals surface area contributed by atoms with Gasteiger partial charge in [0.1, 0.15) is 5.15 Å². The summed E-state index contributed by atoms with van der Waals surface area (Å²) in [6.07, 6.45) is 3.66. The van der Waals surface area contributed by atoms with Crippen LogP contribution in [0.4, 0.5) is 0 Å². The third kappa shape index (κ3) is 6.03. The van der Waals surface area contributed by atoms with Gasteiger partial charge < -0.3 is 10.6 Å². The van der Waals surface area contributed by atoms with Crippen LogP contribution in [0.5, 0.6) is 0 Å². The Balaban J connectivity index is 1.77. The Morgan fingerprint density at radius 3 is 2.82 bits per heavy atom. The van der Waals surface area contributed by atoms with E-state index in [4.69, 9.17) is 11.6 Å². The first-order chi connectivity index (χ1) is 10.8. The molecule has 0 bridgehead atoms. The highest BCUT2D eigenvalue weighted by Crippen LogP contribution is 2.06. The van der Waals surface area contributed by atoms with Crippen molar-refractivity contribution in [1.82, 2.24) is 15.6 Å². The van der Waals surface area contributed by atoms with E-state index in [1.165, 1.54) is 5.56 Å². The van der Waals surface area contributed by atoms with Crippen LogP contribution in [0.15, 0.2) is 40.1 Å². The molecule has 2 aromatic heterocycles. The lowest BCUT2D eigenvalue weighted by Gasteiger charge is -2.10. The van der Waals surface area contributed by atoms with E-state index in [1.54, 1.807) is 17.5 Å². The SMILES string of the molecule is CCNC(=NCCc1ccc(Cl)nc1)NCCc1ccsc1. The van der Waals surface area contributed by atoms with E-state index in [9.17, 15) is 0 Å². The number of nitrogens with one attached hydrogen (secondary N) is 2. The first-order valence-corrected chi connectivity index (χ1v) is 8.73. The van der Waals surface area contributed by atoms with E-state index < -0.39 is 0 Å². The molecule has 118 valence electrons. The zero-order valence-electron chi connectivity index (χ0n) is 12.7. The van der Waals surface area contributed by atoms with Gasteiger partial charge in [-0.15, -0.1) is 0 Å². The van der Waals surface area contributed by atoms with Crippen LogP contribution in [-0.2, 0) is 12.8 Å². The number of pyridine rings is 1. The lowest BCUT2D eigenvalue weighted by atomic mass is 10.2. The molecule has 0 aliphatic rings. The molecule has 4 nitrogen and oxygen atoms in total. The number of guanidine groups is 1. The summed E-state index contributed by atoms with van der Waals surface area (Å²) in [5.74, 6) is 0.861. The van der Waals surface area contributed by atoms with Gasteiger partial charge in [0.25, 0.3) is 0 Å². The topological polar surface area (TPSA) is 49.3 Å². The van der Waals surface area contributed by atoms with Gasteiger partial charge in [-0.1, -0.05) is 17.7 Å². The Morgan fingerprint density at radius 1 is 1.23 bits per heavy atom. The van der Waals surface area contributed by atoms with E-state index in [0.717, 1.165) is 44.0 Å². The van der Waals surface area contributed by atoms with Crippen molar-refractivity contribution in [3.8, 4) is 0 Å². The maximum Gasteiger partial charge on any atom is 0.191 e. The minimum atomic E-state index is 0.524. The molecular formula is C16H21ClN4S. The second kappa shape index (κ2) is 9.43. The molecule has 0 fully saturated rings. The maximum absolute atomic E-state index is 5.78. The molecule has 2 aromatic rings. The molecule has 0 unspecified atom stereocenters. The number of aliphatic imine (C=N–C) groups is 1. The number of hydrogen-bond donors (Lipinski definition) is 2. The largest absolute Gasteiger partial charge is 0.357 e. The van der Waals surface area contributed by atoms with Gasteiger partial charge in [0.15, 0.2) is 5.96 Å². The van der Waals surface area contributed by atoms with Gasteiger partial charge in [-0.05, 0) is 53.8 Å². The van der Waals surface area contributed by atoms with Crippen LogP contribution in [-0.4, -0.2) is 30.6 Å². The lowest BCUT2D eigenvalue weighted by molar-refractivity contribution is 0.797. The Labute approximate surface area is 140 Å². The summed E-state index contributed by atoms with van der Waals surface area (Å²) in [5, 5.41) is 11.4. The van der Waals surface area contributed by atoms with E-state index in [2.05, 4.69) is 44.4 Å². The van der Waals surface area contributed by atoms with Gasteiger partial charge in [-0.25, -0.2) is 4.98 Å². The van der Waals surface area contributed by atoms with Crippen LogP contribution in [0.25, 0.3) is 0 Å². The Kier molecular flexibility index (Phi) is 7.19. The van der Waals surface area contributed by atoms with Crippen LogP contribution in [0.2, 0.25) is 5.15 Å². The molecule has 0 amide bonds. The van der Waals surface area contributed by atoms with Crippen LogP contribution in [0.1, 0.15) is 18.1 Å². The van der Waals surface area contributed by atoms with Crippen LogP contribution >= 0.6 is 22.9 Å². The molecule has 0 saturated heterocycles. The lowest BCUT2D eigenvalue weighted by Crippen LogP contribution is -2.38. The summed E-state index contributed by atoms with van der Waals surface area (Å²) in [6.45, 7) is 4.52. The van der Waals surface area contributed by atoms with Gasteiger partial charge in [-0.3, -0.25) is 4.99 Å². The highest BCUT2D eigenvalue weighted by molar-refractivity contribution is 7.07. The van der Waals surface area contributed by atoms with Crippen LogP contribution in [0.3, 0.4) is 0 Å². The predicted octanol–water partition coefficient (Wildman–Crippen LogP) is 3.14. The standard InChI is InChI=1S/C16H21ClN4S/c1-2-18-16(20-9-6-14-7-10-22-12-14)19-8-5-13-3-4-15(17)21-11-13/h3-4,7,10-12H,2,5-6,8-9H2,1H3,(H2,18,19,20). The zero-order valence-corrected chi connectivity index (χ0v) is 14.3. The monoisotopic (exact) mass is 336 g/mol. The van der Waals surface area contributed by atoms with Gasteiger partial charge in [-0.2, -0.15) is 11.3 Å². The van der Waals surface area contributed by atoms with Crippen molar-refractivity contribution >= 4 is 28.9 Å². The molecule has 0 aliphatic heterocycles. The smallest absolute Gasteiger partial charge is 0.191 e. The minimum Gasteiger partial charge on any atom is -0.357 e. The van der Waals surface area contributed by atoms with Gasteiger partial charge in [0.2, 0.25) is 0 Å². The summed E-state index contributed by atoms with van der Waals surface area (Å²) in [6, 6.07) is 5.95. The third-order valence-electron chi connectivity index (χ3n) is 3.09. The maximum atomic E-state index is 5.78. The van der Waals surface area contributed by atoms with E-state index in [0.29, 0.717) is 5.15 Å². The van der Waals surface area contributed by atoms with Crippen molar-refractivity contribution in [3.05, 3.63) is 51.4 Å². The van der Waals surface area contributed by atoms with Crippen LogP contribution < -0.4 is 10.6 Å². The molecule has 6 heteroatoms. The number of thiophene rings is 1. The minimum absolute atomic E-state index is 0.524. The molecule has 2 heterocycles. The number of hydrogen-bond acceptors (Lipinski definition) is 3. The van der Waals surface area contributed by atoms with Crippen molar-refractivity contribution in [1.29, 1.82) is 0 Å². The predicted molar refractivity (Wildman–Crippen MR) is 95.0 cm³/mol. The highest BCUT2D eigenvalue weighted by atomic mass is 35.5. The van der Waals surface area contributed by atoms with Crippen molar-refractivity contribution in [2.45, 2.75) is 19.8 Å². The third-order valence-corrected chi connectivity index (χ3v) is 4.05. The second-order valence-corrected chi connectivity index (χ2v) is 5.98. The number of nitrogens with zero attached hydrogens (tertiary/aromatic N) is 2. The van der Waals surface area contributed by atoms with E-state index >= 15 is 0 Å². The fourth-order valence-corrected chi connectivity index (χ4v) is 2.77. The Morgan fingerprint density at radius 2 is 2.14 bits per heavy atom. The highest BCUT2D eigenvalue weighted by Gasteiger charge is 1.99. The summed E-state index contributed by atoms with van der Waals surface area (Å²) in [4.78, 5) is 8.66. The number of rotatable bonds is 7.